The molecular weight excluding hydrogens is 544 g/mol. The molecule has 1 unspecified atom stereocenters. The highest BCUT2D eigenvalue weighted by Gasteiger charge is 2.28. The van der Waals surface area contributed by atoms with E-state index in [0.29, 0.717) is 29.0 Å². The van der Waals surface area contributed by atoms with E-state index in [1.807, 2.05) is 97.9 Å². The van der Waals surface area contributed by atoms with E-state index in [2.05, 4.69) is 46.1 Å². The third-order valence-electron chi connectivity index (χ3n) is 6.79. The van der Waals surface area contributed by atoms with Crippen molar-refractivity contribution < 1.29 is 14.3 Å². The number of benzene rings is 4. The number of ether oxygens (including phenoxy) is 2. The number of hydrogen-bond donors (Lipinski definition) is 1. The first kappa shape index (κ1) is 29.0. The number of rotatable bonds is 11. The topological polar surface area (TPSA) is 78.3 Å². The summed E-state index contributed by atoms with van der Waals surface area (Å²) in [6, 6.07) is 33.2. The molecule has 0 saturated heterocycles. The molecule has 0 aliphatic rings. The fraction of sp³-hybridized carbons (Fsp3) is 0.206. The summed E-state index contributed by atoms with van der Waals surface area (Å²) >= 11 is 1.37. The van der Waals surface area contributed by atoms with Gasteiger partial charge >= 0.3 is 0 Å². The smallest absolute Gasteiger partial charge is 0.242 e. The summed E-state index contributed by atoms with van der Waals surface area (Å²) in [7, 11) is 1.65. The number of methoxy groups -OCH3 is 1. The van der Waals surface area contributed by atoms with Gasteiger partial charge in [0.1, 0.15) is 16.7 Å². The van der Waals surface area contributed by atoms with Crippen molar-refractivity contribution in [3.8, 4) is 28.6 Å². The van der Waals surface area contributed by atoms with Crippen LogP contribution < -0.4 is 14.8 Å². The van der Waals surface area contributed by atoms with E-state index in [1.54, 1.807) is 7.11 Å². The van der Waals surface area contributed by atoms with Gasteiger partial charge in [0.25, 0.3) is 0 Å². The molecule has 0 spiro atoms. The summed E-state index contributed by atoms with van der Waals surface area (Å²) < 4.78 is 13.2. The first-order valence-corrected chi connectivity index (χ1v) is 14.8. The van der Waals surface area contributed by atoms with Gasteiger partial charge in [-0.15, -0.1) is 10.2 Å². The minimum absolute atomic E-state index is 0.184. The van der Waals surface area contributed by atoms with E-state index < -0.39 is 5.25 Å². The summed E-state index contributed by atoms with van der Waals surface area (Å²) in [6.45, 7) is 6.75. The summed E-state index contributed by atoms with van der Waals surface area (Å²) in [5, 5.41) is 12.4. The summed E-state index contributed by atoms with van der Waals surface area (Å²) in [6.07, 6.45) is 0. The second kappa shape index (κ2) is 13.4. The van der Waals surface area contributed by atoms with Crippen LogP contribution in [0.25, 0.3) is 17.1 Å². The first-order valence-electron chi connectivity index (χ1n) is 13.9. The molecule has 4 aromatic carbocycles. The van der Waals surface area contributed by atoms with Crippen LogP contribution in [-0.4, -0.2) is 34.4 Å². The predicted molar refractivity (Wildman–Crippen MR) is 169 cm³/mol. The van der Waals surface area contributed by atoms with Gasteiger partial charge in [0, 0.05) is 5.56 Å². The molecule has 0 bridgehead atoms. The molecule has 0 aliphatic heterocycles. The largest absolute Gasteiger partial charge is 0.497 e. The van der Waals surface area contributed by atoms with Crippen LogP contribution in [0.4, 0.5) is 5.69 Å². The average Bonchev–Trinajstić information content (AvgIpc) is 3.44. The Morgan fingerprint density at radius 3 is 2.29 bits per heavy atom. The number of thioether (sulfide) groups is 1. The van der Waals surface area contributed by atoms with Crippen molar-refractivity contribution in [3.05, 3.63) is 114 Å². The van der Waals surface area contributed by atoms with E-state index >= 15 is 0 Å². The molecule has 42 heavy (non-hydrogen) atoms. The van der Waals surface area contributed by atoms with Crippen LogP contribution in [0.5, 0.6) is 11.5 Å². The Bertz CT molecular complexity index is 1630. The van der Waals surface area contributed by atoms with Crippen molar-refractivity contribution in [2.24, 2.45) is 0 Å². The van der Waals surface area contributed by atoms with Gasteiger partial charge in [-0.3, -0.25) is 9.36 Å². The van der Waals surface area contributed by atoms with E-state index in [-0.39, 0.29) is 11.8 Å². The van der Waals surface area contributed by atoms with Gasteiger partial charge in [-0.1, -0.05) is 86.3 Å². The number of carbonyl (C=O) groups excluding carboxylic acids is 1. The van der Waals surface area contributed by atoms with Gasteiger partial charge in [-0.2, -0.15) is 0 Å². The van der Waals surface area contributed by atoms with Crippen LogP contribution in [0, 0.1) is 0 Å². The Labute approximate surface area is 250 Å². The normalized spacial score (nSPS) is 11.7. The van der Waals surface area contributed by atoms with Crippen LogP contribution in [0.1, 0.15) is 43.1 Å². The van der Waals surface area contributed by atoms with Crippen molar-refractivity contribution in [1.29, 1.82) is 0 Å². The Hall–Kier alpha value is -4.56. The number of carbonyl (C=O) groups is 1. The van der Waals surface area contributed by atoms with Crippen molar-refractivity contribution in [1.82, 2.24) is 14.8 Å². The maximum Gasteiger partial charge on any atom is 0.242 e. The van der Waals surface area contributed by atoms with Crippen LogP contribution in [0.3, 0.4) is 0 Å². The molecule has 0 aliphatic carbocycles. The Morgan fingerprint density at radius 1 is 0.881 bits per heavy atom. The lowest BCUT2D eigenvalue weighted by molar-refractivity contribution is -0.115. The second-order valence-electron chi connectivity index (χ2n) is 9.91. The molecule has 1 atom stereocenters. The quantitative estimate of drug-likeness (QED) is 0.160. The summed E-state index contributed by atoms with van der Waals surface area (Å²) in [5.41, 5.74) is 4.49. The molecular formula is C34H34N4O3S. The van der Waals surface area contributed by atoms with Gasteiger partial charge in [0.15, 0.2) is 11.0 Å². The van der Waals surface area contributed by atoms with Crippen LogP contribution in [-0.2, 0) is 4.79 Å². The Morgan fingerprint density at radius 2 is 1.57 bits per heavy atom. The highest BCUT2D eigenvalue weighted by atomic mass is 32.2. The van der Waals surface area contributed by atoms with E-state index in [9.17, 15) is 4.79 Å². The maximum absolute atomic E-state index is 14.0. The monoisotopic (exact) mass is 578 g/mol. The van der Waals surface area contributed by atoms with Gasteiger partial charge < -0.3 is 14.8 Å². The van der Waals surface area contributed by atoms with E-state index in [0.717, 1.165) is 28.1 Å². The summed E-state index contributed by atoms with van der Waals surface area (Å²) in [4.78, 5) is 14.0. The van der Waals surface area contributed by atoms with Gasteiger partial charge in [0.2, 0.25) is 5.91 Å². The number of nitrogens with one attached hydrogen (secondary N) is 1. The second-order valence-corrected chi connectivity index (χ2v) is 11.0. The zero-order chi connectivity index (χ0) is 29.5. The summed E-state index contributed by atoms with van der Waals surface area (Å²) in [5.74, 6) is 2.14. The van der Waals surface area contributed by atoms with E-state index in [1.165, 1.54) is 11.8 Å². The zero-order valence-corrected chi connectivity index (χ0v) is 25.0. The number of para-hydroxylation sites is 3. The SMILES string of the molecule is CCOc1ccccc1NC(=O)C(Sc1nnc(-c2ccc(OC)cc2)n1-c1ccccc1C(C)C)c1ccccc1. The maximum atomic E-state index is 14.0. The highest BCUT2D eigenvalue weighted by Crippen LogP contribution is 2.40. The standard InChI is InChI=1S/C34H34N4O3S/c1-5-41-30-18-12-10-16-28(30)35-33(39)31(24-13-7-6-8-14-24)42-34-37-36-32(25-19-21-26(40-4)22-20-25)38(34)29-17-11-9-15-27(29)23(2)3/h6-23,31H,5H2,1-4H3,(H,35,39). The Kier molecular flexibility index (Phi) is 9.24. The Balaban J connectivity index is 1.60. The van der Waals surface area contributed by atoms with Crippen molar-refractivity contribution >= 4 is 23.4 Å². The lowest BCUT2D eigenvalue weighted by Crippen LogP contribution is -2.20. The molecule has 0 saturated carbocycles. The molecule has 214 valence electrons. The van der Waals surface area contributed by atoms with Crippen LogP contribution >= 0.6 is 11.8 Å². The molecule has 1 amide bonds. The minimum Gasteiger partial charge on any atom is -0.497 e. The number of aromatic nitrogens is 3. The number of anilines is 1. The molecule has 5 aromatic rings. The van der Waals surface area contributed by atoms with Crippen molar-refractivity contribution in [2.75, 3.05) is 19.0 Å². The third kappa shape index (κ3) is 6.34. The number of nitrogens with zero attached hydrogens (tertiary/aromatic N) is 3. The first-order chi connectivity index (χ1) is 20.5. The van der Waals surface area contributed by atoms with Crippen LogP contribution in [0.15, 0.2) is 108 Å². The third-order valence-corrected chi connectivity index (χ3v) is 7.99. The molecule has 1 aromatic heterocycles. The lowest BCUT2D eigenvalue weighted by atomic mass is 10.0. The zero-order valence-electron chi connectivity index (χ0n) is 24.2. The molecule has 7 nitrogen and oxygen atoms in total. The molecule has 5 rings (SSSR count). The molecule has 0 fully saturated rings. The van der Waals surface area contributed by atoms with Crippen molar-refractivity contribution in [3.63, 3.8) is 0 Å². The fourth-order valence-corrected chi connectivity index (χ4v) is 5.77. The number of amides is 1. The van der Waals surface area contributed by atoms with Gasteiger partial charge in [0.05, 0.1) is 25.1 Å². The average molecular weight is 579 g/mol. The van der Waals surface area contributed by atoms with E-state index in [4.69, 9.17) is 9.47 Å². The van der Waals surface area contributed by atoms with Gasteiger partial charge in [-0.05, 0) is 66.4 Å². The molecule has 1 heterocycles. The highest BCUT2D eigenvalue weighted by molar-refractivity contribution is 8.00. The predicted octanol–water partition coefficient (Wildman–Crippen LogP) is 7.94. The van der Waals surface area contributed by atoms with Gasteiger partial charge in [-0.25, -0.2) is 0 Å². The molecule has 8 heteroatoms. The molecule has 0 radical (unpaired) electrons. The number of hydrogen-bond acceptors (Lipinski definition) is 6. The molecule has 1 N–H and O–H groups in total. The lowest BCUT2D eigenvalue weighted by Gasteiger charge is -2.20. The van der Waals surface area contributed by atoms with Crippen molar-refractivity contribution in [2.45, 2.75) is 37.1 Å². The minimum atomic E-state index is -0.612. The van der Waals surface area contributed by atoms with Crippen LogP contribution in [0.2, 0.25) is 0 Å². The fourth-order valence-electron chi connectivity index (χ4n) is 4.73.